The lowest BCUT2D eigenvalue weighted by Gasteiger charge is -2.35. The van der Waals surface area contributed by atoms with E-state index in [4.69, 9.17) is 9.47 Å². The predicted molar refractivity (Wildman–Crippen MR) is 108 cm³/mol. The minimum Gasteiger partial charge on any atom is -0.454 e. The monoisotopic (exact) mass is 387 g/mol. The van der Waals surface area contributed by atoms with Crippen molar-refractivity contribution in [2.24, 2.45) is 5.92 Å². The lowest BCUT2D eigenvalue weighted by atomic mass is 9.91. The average molecular weight is 388 g/mol. The van der Waals surface area contributed by atoms with Crippen molar-refractivity contribution < 1.29 is 14.3 Å². The Bertz CT molecular complexity index is 665. The maximum Gasteiger partial charge on any atom is 0.231 e. The van der Waals surface area contributed by atoms with Gasteiger partial charge in [0.05, 0.1) is 0 Å². The quantitative estimate of drug-likeness (QED) is 0.751. The van der Waals surface area contributed by atoms with E-state index in [-0.39, 0.29) is 0 Å². The molecule has 0 bridgehead atoms. The Hall–Kier alpha value is -1.79. The summed E-state index contributed by atoms with van der Waals surface area (Å²) < 4.78 is 11.1. The third-order valence-corrected chi connectivity index (χ3v) is 6.52. The minimum absolute atomic E-state index is 0.329. The molecule has 2 fully saturated rings. The summed E-state index contributed by atoms with van der Waals surface area (Å²) in [6.07, 6.45) is 4.12. The van der Waals surface area contributed by atoms with Gasteiger partial charge in [-0.05, 0) is 50.9 Å². The zero-order chi connectivity index (χ0) is 19.3. The number of para-hydroxylation sites is 1. The number of likely N-dealkylation sites (N-methyl/N-ethyl adjacent to an activating group) is 1. The van der Waals surface area contributed by atoms with E-state index in [9.17, 15) is 4.79 Å². The van der Waals surface area contributed by atoms with Crippen LogP contribution >= 0.6 is 0 Å². The number of ether oxygens (including phenoxy) is 2. The second-order valence-electron chi connectivity index (χ2n) is 8.22. The van der Waals surface area contributed by atoms with E-state index >= 15 is 0 Å². The van der Waals surface area contributed by atoms with E-state index < -0.39 is 0 Å². The van der Waals surface area contributed by atoms with Crippen molar-refractivity contribution in [3.8, 4) is 11.5 Å². The van der Waals surface area contributed by atoms with Gasteiger partial charge in [-0.3, -0.25) is 9.69 Å². The standard InChI is InChI=1S/C22H33N3O3/c1-2-23-12-14-25(15-13-23)21(26)7-6-18-8-10-24(11-9-18)16-19-4-3-5-20-22(19)28-17-27-20/h3-5,18H,2,6-17H2,1H3. The zero-order valence-corrected chi connectivity index (χ0v) is 17.1. The highest BCUT2D eigenvalue weighted by atomic mass is 16.7. The van der Waals surface area contributed by atoms with Crippen LogP contribution in [-0.4, -0.2) is 73.2 Å². The van der Waals surface area contributed by atoms with Gasteiger partial charge in [-0.25, -0.2) is 0 Å². The maximum absolute atomic E-state index is 12.5. The van der Waals surface area contributed by atoms with Gasteiger partial charge in [0.15, 0.2) is 11.5 Å². The van der Waals surface area contributed by atoms with E-state index in [1.807, 2.05) is 12.1 Å². The molecule has 1 aromatic rings. The first-order chi connectivity index (χ1) is 13.7. The number of piperazine rings is 1. The molecule has 0 saturated carbocycles. The van der Waals surface area contributed by atoms with Crippen LogP contribution in [0.2, 0.25) is 0 Å². The molecule has 0 aliphatic carbocycles. The molecule has 0 radical (unpaired) electrons. The van der Waals surface area contributed by atoms with E-state index in [1.54, 1.807) is 0 Å². The molecular formula is C22H33N3O3. The lowest BCUT2D eigenvalue weighted by Crippen LogP contribution is -2.48. The van der Waals surface area contributed by atoms with Gasteiger partial charge in [-0.2, -0.15) is 0 Å². The molecule has 0 atom stereocenters. The van der Waals surface area contributed by atoms with E-state index in [0.29, 0.717) is 25.0 Å². The molecule has 2 saturated heterocycles. The number of benzene rings is 1. The Kier molecular flexibility index (Phi) is 6.37. The van der Waals surface area contributed by atoms with Crippen LogP contribution in [-0.2, 0) is 11.3 Å². The molecule has 1 aromatic carbocycles. The van der Waals surface area contributed by atoms with Crippen molar-refractivity contribution in [2.45, 2.75) is 39.2 Å². The molecule has 0 spiro atoms. The number of nitrogens with zero attached hydrogens (tertiary/aromatic N) is 3. The highest BCUT2D eigenvalue weighted by Crippen LogP contribution is 2.36. The third kappa shape index (κ3) is 4.61. The van der Waals surface area contributed by atoms with Gasteiger partial charge in [-0.15, -0.1) is 0 Å². The number of likely N-dealkylation sites (tertiary alicyclic amines) is 1. The number of carbonyl (C=O) groups excluding carboxylic acids is 1. The van der Waals surface area contributed by atoms with Gasteiger partial charge in [0.2, 0.25) is 12.7 Å². The topological polar surface area (TPSA) is 45.2 Å². The molecule has 0 N–H and O–H groups in total. The molecule has 0 aromatic heterocycles. The van der Waals surface area contributed by atoms with Crippen LogP contribution in [0.25, 0.3) is 0 Å². The van der Waals surface area contributed by atoms with Crippen molar-refractivity contribution in [3.63, 3.8) is 0 Å². The summed E-state index contributed by atoms with van der Waals surface area (Å²) in [6.45, 7) is 10.6. The molecule has 6 heteroatoms. The van der Waals surface area contributed by atoms with Crippen LogP contribution in [0.3, 0.4) is 0 Å². The zero-order valence-electron chi connectivity index (χ0n) is 17.1. The summed E-state index contributed by atoms with van der Waals surface area (Å²) in [4.78, 5) is 19.5. The van der Waals surface area contributed by atoms with Gasteiger partial charge in [0.25, 0.3) is 0 Å². The number of hydrogen-bond donors (Lipinski definition) is 0. The molecule has 1 amide bonds. The van der Waals surface area contributed by atoms with Gasteiger partial charge >= 0.3 is 0 Å². The number of carbonyl (C=O) groups is 1. The molecule has 28 heavy (non-hydrogen) atoms. The predicted octanol–water partition coefficient (Wildman–Crippen LogP) is 2.57. The summed E-state index contributed by atoms with van der Waals surface area (Å²) in [5.74, 6) is 2.82. The van der Waals surface area contributed by atoms with Crippen LogP contribution in [0, 0.1) is 5.92 Å². The second kappa shape index (κ2) is 9.14. The molecule has 154 valence electrons. The number of fused-ring (bicyclic) bond motifs is 1. The largest absolute Gasteiger partial charge is 0.454 e. The summed E-state index contributed by atoms with van der Waals surface area (Å²) in [5, 5.41) is 0. The minimum atomic E-state index is 0.329. The Morgan fingerprint density at radius 2 is 1.82 bits per heavy atom. The van der Waals surface area contributed by atoms with Gasteiger partial charge in [-0.1, -0.05) is 19.1 Å². The molecule has 3 aliphatic rings. The molecule has 4 rings (SSSR count). The van der Waals surface area contributed by atoms with Crippen LogP contribution in [0.1, 0.15) is 38.2 Å². The fraction of sp³-hybridized carbons (Fsp3) is 0.682. The van der Waals surface area contributed by atoms with E-state index in [2.05, 4.69) is 27.7 Å². The van der Waals surface area contributed by atoms with Crippen molar-refractivity contribution in [1.29, 1.82) is 0 Å². The first-order valence-electron chi connectivity index (χ1n) is 10.8. The number of piperidine rings is 1. The van der Waals surface area contributed by atoms with Crippen molar-refractivity contribution in [2.75, 3.05) is 52.6 Å². The molecule has 0 unspecified atom stereocenters. The summed E-state index contributed by atoms with van der Waals surface area (Å²) in [7, 11) is 0. The SMILES string of the molecule is CCN1CCN(C(=O)CCC2CCN(Cc3cccc4c3OCO4)CC2)CC1. The number of amides is 1. The number of hydrogen-bond acceptors (Lipinski definition) is 5. The Morgan fingerprint density at radius 3 is 2.57 bits per heavy atom. The molecule has 3 heterocycles. The van der Waals surface area contributed by atoms with E-state index in [1.165, 1.54) is 18.4 Å². The Labute approximate surface area is 168 Å². The fourth-order valence-corrected chi connectivity index (χ4v) is 4.59. The van der Waals surface area contributed by atoms with Crippen LogP contribution in [0.15, 0.2) is 18.2 Å². The average Bonchev–Trinajstić information content (AvgIpc) is 3.23. The van der Waals surface area contributed by atoms with Crippen molar-refractivity contribution >= 4 is 5.91 Å². The van der Waals surface area contributed by atoms with Crippen molar-refractivity contribution in [1.82, 2.24) is 14.7 Å². The van der Waals surface area contributed by atoms with Gasteiger partial charge in [0.1, 0.15) is 0 Å². The Balaban J connectivity index is 1.18. The smallest absolute Gasteiger partial charge is 0.231 e. The highest BCUT2D eigenvalue weighted by Gasteiger charge is 2.25. The molecule has 6 nitrogen and oxygen atoms in total. The molecule has 3 aliphatic heterocycles. The third-order valence-electron chi connectivity index (χ3n) is 6.52. The van der Waals surface area contributed by atoms with Crippen molar-refractivity contribution in [3.05, 3.63) is 23.8 Å². The normalized spacial score (nSPS) is 21.2. The van der Waals surface area contributed by atoms with Crippen LogP contribution in [0.4, 0.5) is 0 Å². The Morgan fingerprint density at radius 1 is 1.04 bits per heavy atom. The summed E-state index contributed by atoms with van der Waals surface area (Å²) in [6, 6.07) is 6.15. The van der Waals surface area contributed by atoms with Gasteiger partial charge in [0, 0.05) is 44.7 Å². The molecular weight excluding hydrogens is 354 g/mol. The fourth-order valence-electron chi connectivity index (χ4n) is 4.59. The first kappa shape index (κ1) is 19.5. The number of rotatable bonds is 6. The maximum atomic E-state index is 12.5. The lowest BCUT2D eigenvalue weighted by molar-refractivity contribution is -0.133. The summed E-state index contributed by atoms with van der Waals surface area (Å²) in [5.41, 5.74) is 1.22. The highest BCUT2D eigenvalue weighted by molar-refractivity contribution is 5.76. The van der Waals surface area contributed by atoms with Gasteiger partial charge < -0.3 is 19.3 Å². The van der Waals surface area contributed by atoms with Crippen LogP contribution in [0.5, 0.6) is 11.5 Å². The summed E-state index contributed by atoms with van der Waals surface area (Å²) >= 11 is 0. The first-order valence-corrected chi connectivity index (χ1v) is 10.8. The van der Waals surface area contributed by atoms with E-state index in [0.717, 1.165) is 70.3 Å². The second-order valence-corrected chi connectivity index (χ2v) is 8.22. The van der Waals surface area contributed by atoms with Crippen LogP contribution < -0.4 is 9.47 Å².